The van der Waals surface area contributed by atoms with Crippen LogP contribution in [0.2, 0.25) is 0 Å². The number of unbranched alkanes of at least 4 members (excludes halogenated alkanes) is 9. The lowest BCUT2D eigenvalue weighted by molar-refractivity contribution is 0.0781. The van der Waals surface area contributed by atoms with Crippen molar-refractivity contribution in [3.8, 4) is 0 Å². The van der Waals surface area contributed by atoms with Crippen molar-refractivity contribution >= 4 is 10.1 Å². The second kappa shape index (κ2) is 20.6. The van der Waals surface area contributed by atoms with E-state index in [-0.39, 0.29) is 30.8 Å². The van der Waals surface area contributed by atoms with E-state index in [2.05, 4.69) is 6.92 Å². The molecule has 188 valence electrons. The molecule has 0 aromatic heterocycles. The molecule has 0 amide bonds. The Morgan fingerprint density at radius 3 is 1.62 bits per heavy atom. The lowest BCUT2D eigenvalue weighted by atomic mass is 10.0. The highest BCUT2D eigenvalue weighted by Crippen LogP contribution is 2.14. The number of aliphatic hydroxyl groups is 3. The molecule has 0 saturated heterocycles. The molecule has 0 fully saturated rings. The van der Waals surface area contributed by atoms with Crippen LogP contribution >= 0.6 is 0 Å². The van der Waals surface area contributed by atoms with Gasteiger partial charge in [-0.2, -0.15) is 8.42 Å². The van der Waals surface area contributed by atoms with E-state index in [4.69, 9.17) is 14.8 Å². The van der Waals surface area contributed by atoms with Gasteiger partial charge in [0.1, 0.15) is 0 Å². The average Bonchev–Trinajstić information content (AvgIpc) is 2.78. The number of rotatable bonds is 18. The van der Waals surface area contributed by atoms with Gasteiger partial charge in [-0.05, 0) is 18.6 Å². The standard InChI is InChI=1S/C18H39NO3.C6H6O3S/c1-2-3-4-5-6-7-8-9-10-11-12-18(17-22)19(13-15-20)14-16-21;7-10(8,9)6-4-2-1-3-5-6/h18,20-22H,2-17H2,1H3;1-5H,(H,7,8,9). The van der Waals surface area contributed by atoms with Gasteiger partial charge in [0.15, 0.2) is 0 Å². The average molecular weight is 476 g/mol. The van der Waals surface area contributed by atoms with Crippen LogP contribution in [0.5, 0.6) is 0 Å². The first kappa shape index (κ1) is 31.0. The molecule has 1 unspecified atom stereocenters. The quantitative estimate of drug-likeness (QED) is 0.188. The van der Waals surface area contributed by atoms with E-state index in [1.54, 1.807) is 18.2 Å². The first-order chi connectivity index (χ1) is 15.4. The van der Waals surface area contributed by atoms with Crippen LogP contribution in [0.15, 0.2) is 35.2 Å². The summed E-state index contributed by atoms with van der Waals surface area (Å²) in [6, 6.07) is 7.50. The fraction of sp³-hybridized carbons (Fsp3) is 0.750. The second-order valence-corrected chi connectivity index (χ2v) is 9.50. The molecule has 1 atom stereocenters. The van der Waals surface area contributed by atoms with E-state index in [0.29, 0.717) is 13.1 Å². The minimum atomic E-state index is -4.00. The van der Waals surface area contributed by atoms with E-state index in [1.165, 1.54) is 69.9 Å². The van der Waals surface area contributed by atoms with Crippen LogP contribution in [0.4, 0.5) is 0 Å². The number of hydrogen-bond donors (Lipinski definition) is 4. The van der Waals surface area contributed by atoms with Crippen LogP contribution in [-0.2, 0) is 10.1 Å². The van der Waals surface area contributed by atoms with Crippen molar-refractivity contribution in [3.05, 3.63) is 30.3 Å². The molecule has 0 heterocycles. The van der Waals surface area contributed by atoms with Crippen molar-refractivity contribution in [1.82, 2.24) is 4.90 Å². The summed E-state index contributed by atoms with van der Waals surface area (Å²) in [5.74, 6) is 0. The topological polar surface area (TPSA) is 118 Å². The predicted molar refractivity (Wildman–Crippen MR) is 129 cm³/mol. The Bertz CT molecular complexity index is 621. The smallest absolute Gasteiger partial charge is 0.294 e. The van der Waals surface area contributed by atoms with Gasteiger partial charge in [0.2, 0.25) is 0 Å². The van der Waals surface area contributed by atoms with Crippen molar-refractivity contribution < 1.29 is 28.3 Å². The number of benzene rings is 1. The fourth-order valence-corrected chi connectivity index (χ4v) is 4.08. The molecule has 32 heavy (non-hydrogen) atoms. The fourth-order valence-electron chi connectivity index (χ4n) is 3.58. The maximum Gasteiger partial charge on any atom is 0.294 e. The van der Waals surface area contributed by atoms with E-state index in [1.807, 2.05) is 4.90 Å². The summed E-state index contributed by atoms with van der Waals surface area (Å²) >= 11 is 0. The Morgan fingerprint density at radius 2 is 1.25 bits per heavy atom. The molecule has 0 radical (unpaired) electrons. The van der Waals surface area contributed by atoms with Crippen LogP contribution in [-0.4, -0.2) is 72.1 Å². The van der Waals surface area contributed by atoms with Crippen molar-refractivity contribution in [1.29, 1.82) is 0 Å². The summed E-state index contributed by atoms with van der Waals surface area (Å²) in [5.41, 5.74) is 0. The molecule has 7 nitrogen and oxygen atoms in total. The zero-order chi connectivity index (χ0) is 24.1. The van der Waals surface area contributed by atoms with Gasteiger partial charge in [0.25, 0.3) is 10.1 Å². The molecular weight excluding hydrogens is 430 g/mol. The Labute approximate surface area is 195 Å². The van der Waals surface area contributed by atoms with Gasteiger partial charge < -0.3 is 15.3 Å². The number of nitrogens with zero attached hydrogens (tertiary/aromatic N) is 1. The molecule has 0 spiro atoms. The molecule has 0 aliphatic rings. The van der Waals surface area contributed by atoms with Gasteiger partial charge in [0.05, 0.1) is 24.7 Å². The number of hydrogen-bond acceptors (Lipinski definition) is 6. The summed E-state index contributed by atoms with van der Waals surface area (Å²) in [4.78, 5) is 1.92. The molecule has 0 bridgehead atoms. The molecule has 0 aliphatic carbocycles. The first-order valence-electron chi connectivity index (χ1n) is 12.0. The van der Waals surface area contributed by atoms with Gasteiger partial charge in [-0.1, -0.05) is 89.3 Å². The van der Waals surface area contributed by atoms with Crippen molar-refractivity contribution in [3.63, 3.8) is 0 Å². The van der Waals surface area contributed by atoms with Crippen LogP contribution in [0.1, 0.15) is 77.6 Å². The summed E-state index contributed by atoms with van der Waals surface area (Å²) in [6.45, 7) is 3.58. The van der Waals surface area contributed by atoms with E-state index < -0.39 is 10.1 Å². The largest absolute Gasteiger partial charge is 0.395 e. The van der Waals surface area contributed by atoms with E-state index in [0.717, 1.165) is 12.8 Å². The Hall–Kier alpha value is -1.03. The summed E-state index contributed by atoms with van der Waals surface area (Å²) < 4.78 is 29.2. The van der Waals surface area contributed by atoms with Crippen LogP contribution < -0.4 is 0 Å². The highest BCUT2D eigenvalue weighted by Gasteiger charge is 2.16. The minimum Gasteiger partial charge on any atom is -0.395 e. The predicted octanol–water partition coefficient (Wildman–Crippen LogP) is 3.88. The minimum absolute atomic E-state index is 0.0741. The van der Waals surface area contributed by atoms with Crippen LogP contribution in [0.3, 0.4) is 0 Å². The monoisotopic (exact) mass is 475 g/mol. The molecule has 1 aromatic rings. The van der Waals surface area contributed by atoms with Gasteiger partial charge in [-0.25, -0.2) is 0 Å². The Morgan fingerprint density at radius 1 is 0.781 bits per heavy atom. The third-order valence-electron chi connectivity index (χ3n) is 5.43. The third-order valence-corrected chi connectivity index (χ3v) is 6.30. The van der Waals surface area contributed by atoms with Crippen molar-refractivity contribution in [2.45, 2.75) is 88.5 Å². The molecular formula is C24H45NO6S. The maximum atomic E-state index is 10.4. The van der Waals surface area contributed by atoms with Gasteiger partial charge in [0, 0.05) is 19.1 Å². The molecule has 1 rings (SSSR count). The Balaban J connectivity index is 0.000000792. The SMILES string of the molecule is CCCCCCCCCCCCC(CO)N(CCO)CCO.O=S(=O)(O)c1ccccc1. The summed E-state index contributed by atoms with van der Waals surface area (Å²) in [7, 11) is -4.00. The third kappa shape index (κ3) is 16.6. The molecule has 0 aliphatic heterocycles. The van der Waals surface area contributed by atoms with Crippen LogP contribution in [0, 0.1) is 0 Å². The van der Waals surface area contributed by atoms with Gasteiger partial charge in [-0.15, -0.1) is 0 Å². The molecule has 4 N–H and O–H groups in total. The lowest BCUT2D eigenvalue weighted by Gasteiger charge is -2.29. The zero-order valence-electron chi connectivity index (χ0n) is 19.7. The zero-order valence-corrected chi connectivity index (χ0v) is 20.6. The van der Waals surface area contributed by atoms with Gasteiger partial charge in [-0.3, -0.25) is 9.45 Å². The van der Waals surface area contributed by atoms with Crippen molar-refractivity contribution in [2.24, 2.45) is 0 Å². The Kier molecular flexibility index (Phi) is 19.9. The molecule has 8 heteroatoms. The molecule has 1 aromatic carbocycles. The molecule has 0 saturated carbocycles. The van der Waals surface area contributed by atoms with E-state index in [9.17, 15) is 13.5 Å². The van der Waals surface area contributed by atoms with Gasteiger partial charge >= 0.3 is 0 Å². The van der Waals surface area contributed by atoms with Crippen LogP contribution in [0.25, 0.3) is 0 Å². The highest BCUT2D eigenvalue weighted by atomic mass is 32.2. The van der Waals surface area contributed by atoms with Crippen molar-refractivity contribution in [2.75, 3.05) is 32.9 Å². The summed E-state index contributed by atoms with van der Waals surface area (Å²) in [5, 5.41) is 27.6. The normalized spacial score (nSPS) is 12.4. The first-order valence-corrected chi connectivity index (χ1v) is 13.4. The second-order valence-electron chi connectivity index (χ2n) is 8.08. The van der Waals surface area contributed by atoms with E-state index >= 15 is 0 Å². The highest BCUT2D eigenvalue weighted by molar-refractivity contribution is 7.85. The number of aliphatic hydroxyl groups excluding tert-OH is 3. The lowest BCUT2D eigenvalue weighted by Crippen LogP contribution is -2.41. The summed E-state index contributed by atoms with van der Waals surface area (Å²) in [6.07, 6.45) is 14.1. The maximum absolute atomic E-state index is 10.4.